The van der Waals surface area contributed by atoms with Crippen LogP contribution in [0, 0.1) is 0 Å². The molecule has 0 heterocycles. The predicted octanol–water partition coefficient (Wildman–Crippen LogP) is 5.86. The third-order valence-corrected chi connectivity index (χ3v) is 3.29. The van der Waals surface area contributed by atoms with Crippen molar-refractivity contribution in [3.05, 3.63) is 108 Å². The van der Waals surface area contributed by atoms with E-state index in [0.717, 1.165) is 22.4 Å². The first-order valence-corrected chi connectivity index (χ1v) is 7.20. The first kappa shape index (κ1) is 14.0. The maximum absolute atomic E-state index is 4.26. The summed E-state index contributed by atoms with van der Waals surface area (Å²) in [6, 6.07) is 30.2. The molecule has 0 radical (unpaired) electrons. The van der Waals surface area contributed by atoms with Gasteiger partial charge in [-0.1, -0.05) is 78.9 Å². The number of hydrogen-bond donors (Lipinski definition) is 0. The second-order valence-corrected chi connectivity index (χ2v) is 4.83. The highest BCUT2D eigenvalue weighted by atomic mass is 15.1. The van der Waals surface area contributed by atoms with E-state index in [1.807, 2.05) is 72.9 Å². The van der Waals surface area contributed by atoms with Crippen LogP contribution in [0.1, 0.15) is 11.1 Å². The van der Waals surface area contributed by atoms with Crippen LogP contribution in [-0.4, -0.2) is 0 Å². The van der Waals surface area contributed by atoms with Gasteiger partial charge in [-0.15, -0.1) is 0 Å². The van der Waals surface area contributed by atoms with E-state index in [2.05, 4.69) is 34.5 Å². The second-order valence-electron chi connectivity index (χ2n) is 4.83. The molecule has 106 valence electrons. The summed E-state index contributed by atoms with van der Waals surface area (Å²) in [6.07, 6.45) is 1.82. The molecule has 0 amide bonds. The molecule has 3 aromatic carbocycles. The minimum absolute atomic E-state index is 0.847. The molecule has 0 aromatic heterocycles. The summed E-state index contributed by atoms with van der Waals surface area (Å²) in [4.78, 5) is 0. The van der Waals surface area contributed by atoms with E-state index in [1.165, 1.54) is 0 Å². The van der Waals surface area contributed by atoms with Gasteiger partial charge in [0.1, 0.15) is 0 Å². The summed E-state index contributed by atoms with van der Waals surface area (Å²) in [7, 11) is 0. The van der Waals surface area contributed by atoms with Gasteiger partial charge in [-0.2, -0.15) is 10.2 Å². The lowest BCUT2D eigenvalue weighted by Gasteiger charge is -2.06. The largest absolute Gasteiger partial charge is 0.158 e. The van der Waals surface area contributed by atoms with Gasteiger partial charge >= 0.3 is 0 Å². The van der Waals surface area contributed by atoms with Gasteiger partial charge in [0.15, 0.2) is 0 Å². The fourth-order valence-corrected chi connectivity index (χ4v) is 2.20. The average molecular weight is 284 g/mol. The molecule has 0 saturated heterocycles. The normalized spacial score (nSPS) is 10.5. The van der Waals surface area contributed by atoms with Gasteiger partial charge < -0.3 is 0 Å². The zero-order valence-corrected chi connectivity index (χ0v) is 12.1. The zero-order valence-electron chi connectivity index (χ0n) is 12.1. The quantitative estimate of drug-likeness (QED) is 0.536. The Morgan fingerprint density at radius 3 is 1.55 bits per heavy atom. The van der Waals surface area contributed by atoms with E-state index in [1.54, 1.807) is 0 Å². The topological polar surface area (TPSA) is 24.7 Å². The van der Waals surface area contributed by atoms with E-state index in [-0.39, 0.29) is 0 Å². The van der Waals surface area contributed by atoms with Crippen LogP contribution in [0.15, 0.2) is 107 Å². The van der Waals surface area contributed by atoms with Crippen LogP contribution in [0.5, 0.6) is 0 Å². The molecule has 0 bridgehead atoms. The summed E-state index contributed by atoms with van der Waals surface area (Å²) in [6.45, 7) is 0. The first-order valence-electron chi connectivity index (χ1n) is 7.20. The lowest BCUT2D eigenvalue weighted by atomic mass is 9.99. The second kappa shape index (κ2) is 7.14. The van der Waals surface area contributed by atoms with Crippen molar-refractivity contribution in [2.75, 3.05) is 0 Å². The van der Waals surface area contributed by atoms with E-state index >= 15 is 0 Å². The summed E-state index contributed by atoms with van der Waals surface area (Å²) in [5, 5.41) is 8.50. The molecule has 2 heteroatoms. The van der Waals surface area contributed by atoms with Gasteiger partial charge in [-0.3, -0.25) is 0 Å². The van der Waals surface area contributed by atoms with Crippen molar-refractivity contribution in [3.8, 4) is 0 Å². The Balaban J connectivity index is 1.96. The number of nitrogens with zero attached hydrogens (tertiary/aromatic N) is 2. The molecule has 0 unspecified atom stereocenters. The Morgan fingerprint density at radius 1 is 0.591 bits per heavy atom. The highest BCUT2D eigenvalue weighted by Crippen LogP contribution is 2.23. The minimum atomic E-state index is 0.847. The van der Waals surface area contributed by atoms with Crippen molar-refractivity contribution < 1.29 is 0 Å². The SMILES string of the molecule is C(N=Nc1ccccc1)=C(c1ccccc1)c1ccccc1. The summed E-state index contributed by atoms with van der Waals surface area (Å²) >= 11 is 0. The molecule has 0 N–H and O–H groups in total. The molecule has 0 aliphatic heterocycles. The third-order valence-electron chi connectivity index (χ3n) is 3.29. The standard InChI is InChI=1S/C20H16N2/c1-4-10-17(11-5-1)20(18-12-6-2-7-13-18)16-21-22-19-14-8-3-9-15-19/h1-16H. The molecule has 3 rings (SSSR count). The lowest BCUT2D eigenvalue weighted by Crippen LogP contribution is -1.86. The molecule has 3 aromatic rings. The van der Waals surface area contributed by atoms with Crippen LogP contribution in [-0.2, 0) is 0 Å². The van der Waals surface area contributed by atoms with Gasteiger partial charge in [0.25, 0.3) is 0 Å². The molecule has 0 atom stereocenters. The van der Waals surface area contributed by atoms with Crippen LogP contribution in [0.3, 0.4) is 0 Å². The molecular weight excluding hydrogens is 268 g/mol. The van der Waals surface area contributed by atoms with E-state index in [4.69, 9.17) is 0 Å². The minimum Gasteiger partial charge on any atom is -0.158 e. The number of azo groups is 1. The van der Waals surface area contributed by atoms with Crippen LogP contribution in [0.4, 0.5) is 5.69 Å². The molecule has 2 nitrogen and oxygen atoms in total. The molecule has 0 fully saturated rings. The molecule has 0 saturated carbocycles. The van der Waals surface area contributed by atoms with Gasteiger partial charge in [-0.25, -0.2) is 0 Å². The Morgan fingerprint density at radius 2 is 1.05 bits per heavy atom. The fraction of sp³-hybridized carbons (Fsp3) is 0. The Kier molecular flexibility index (Phi) is 4.53. The van der Waals surface area contributed by atoms with Crippen molar-refractivity contribution in [2.45, 2.75) is 0 Å². The van der Waals surface area contributed by atoms with Crippen molar-refractivity contribution in [3.63, 3.8) is 0 Å². The predicted molar refractivity (Wildman–Crippen MR) is 90.9 cm³/mol. The maximum Gasteiger partial charge on any atom is 0.0856 e. The fourth-order valence-electron chi connectivity index (χ4n) is 2.20. The summed E-state index contributed by atoms with van der Waals surface area (Å²) in [5.41, 5.74) is 4.15. The summed E-state index contributed by atoms with van der Waals surface area (Å²) < 4.78 is 0. The highest BCUT2D eigenvalue weighted by molar-refractivity contribution is 5.79. The Hall–Kier alpha value is -3.00. The van der Waals surface area contributed by atoms with Gasteiger partial charge in [0.2, 0.25) is 0 Å². The van der Waals surface area contributed by atoms with Crippen molar-refractivity contribution >= 4 is 11.3 Å². The summed E-state index contributed by atoms with van der Waals surface area (Å²) in [5.74, 6) is 0. The average Bonchev–Trinajstić information content (AvgIpc) is 2.61. The van der Waals surface area contributed by atoms with Gasteiger partial charge in [0.05, 0.1) is 11.9 Å². The van der Waals surface area contributed by atoms with Crippen molar-refractivity contribution in [2.24, 2.45) is 10.2 Å². The number of benzene rings is 3. The van der Waals surface area contributed by atoms with E-state index in [0.29, 0.717) is 0 Å². The smallest absolute Gasteiger partial charge is 0.0856 e. The van der Waals surface area contributed by atoms with Gasteiger partial charge in [-0.05, 0) is 23.3 Å². The molecule has 0 aliphatic carbocycles. The maximum atomic E-state index is 4.26. The van der Waals surface area contributed by atoms with Gasteiger partial charge in [0, 0.05) is 5.57 Å². The molecule has 0 aliphatic rings. The van der Waals surface area contributed by atoms with Crippen LogP contribution in [0.2, 0.25) is 0 Å². The Bertz CT molecular complexity index is 719. The monoisotopic (exact) mass is 284 g/mol. The van der Waals surface area contributed by atoms with E-state index in [9.17, 15) is 0 Å². The van der Waals surface area contributed by atoms with Crippen LogP contribution < -0.4 is 0 Å². The first-order chi connectivity index (χ1) is 10.9. The molecule has 22 heavy (non-hydrogen) atoms. The van der Waals surface area contributed by atoms with Crippen LogP contribution in [0.25, 0.3) is 5.57 Å². The Labute approximate surface area is 130 Å². The highest BCUT2D eigenvalue weighted by Gasteiger charge is 2.03. The number of hydrogen-bond acceptors (Lipinski definition) is 2. The zero-order chi connectivity index (χ0) is 15.0. The number of rotatable bonds is 4. The molecular formula is C20H16N2. The third kappa shape index (κ3) is 3.55. The van der Waals surface area contributed by atoms with Crippen molar-refractivity contribution in [1.29, 1.82) is 0 Å². The van der Waals surface area contributed by atoms with E-state index < -0.39 is 0 Å². The van der Waals surface area contributed by atoms with Crippen molar-refractivity contribution in [1.82, 2.24) is 0 Å². The molecule has 0 spiro atoms. The van der Waals surface area contributed by atoms with Crippen LogP contribution >= 0.6 is 0 Å². The lowest BCUT2D eigenvalue weighted by molar-refractivity contribution is 1.23.